The standard InChI is InChI=1S/C11H9N3O3/c12-7-1-3-8(4-2-7)14-10(15)6-5-9(13-14)11(16)17/h1-6H,12H2,(H,16,17). The Labute approximate surface area is 95.9 Å². The van der Waals surface area contributed by atoms with E-state index in [1.807, 2.05) is 0 Å². The Kier molecular flexibility index (Phi) is 2.61. The number of carbonyl (C=O) groups is 1. The molecule has 2 aromatic rings. The van der Waals surface area contributed by atoms with Crippen LogP contribution in [0.4, 0.5) is 5.69 Å². The molecular weight excluding hydrogens is 222 g/mol. The van der Waals surface area contributed by atoms with Gasteiger partial charge in [0.05, 0.1) is 5.69 Å². The maximum Gasteiger partial charge on any atom is 0.356 e. The van der Waals surface area contributed by atoms with Gasteiger partial charge in [0.1, 0.15) is 0 Å². The Morgan fingerprint density at radius 3 is 2.41 bits per heavy atom. The normalized spacial score (nSPS) is 10.1. The molecule has 86 valence electrons. The Balaban J connectivity index is 2.58. The summed E-state index contributed by atoms with van der Waals surface area (Å²) < 4.78 is 1.02. The third kappa shape index (κ3) is 2.15. The van der Waals surface area contributed by atoms with Gasteiger partial charge in [-0.3, -0.25) is 4.79 Å². The number of nitrogen functional groups attached to an aromatic ring is 1. The van der Waals surface area contributed by atoms with Crippen molar-refractivity contribution >= 4 is 11.7 Å². The van der Waals surface area contributed by atoms with E-state index in [1.54, 1.807) is 24.3 Å². The number of anilines is 1. The summed E-state index contributed by atoms with van der Waals surface area (Å²) in [4.78, 5) is 22.3. The molecule has 17 heavy (non-hydrogen) atoms. The maximum absolute atomic E-state index is 11.6. The smallest absolute Gasteiger partial charge is 0.356 e. The zero-order valence-corrected chi connectivity index (χ0v) is 8.70. The van der Waals surface area contributed by atoms with Gasteiger partial charge >= 0.3 is 5.97 Å². The van der Waals surface area contributed by atoms with Gasteiger partial charge in [0, 0.05) is 11.8 Å². The molecule has 0 saturated heterocycles. The van der Waals surface area contributed by atoms with E-state index >= 15 is 0 Å². The molecule has 0 unspecified atom stereocenters. The Morgan fingerprint density at radius 1 is 1.18 bits per heavy atom. The molecule has 0 radical (unpaired) electrons. The fraction of sp³-hybridized carbons (Fsp3) is 0. The van der Waals surface area contributed by atoms with Gasteiger partial charge in [-0.05, 0) is 30.3 Å². The summed E-state index contributed by atoms with van der Waals surface area (Å²) in [5.41, 5.74) is 5.94. The summed E-state index contributed by atoms with van der Waals surface area (Å²) in [7, 11) is 0. The van der Waals surface area contributed by atoms with Crippen molar-refractivity contribution in [1.29, 1.82) is 0 Å². The lowest BCUT2D eigenvalue weighted by molar-refractivity contribution is 0.0688. The van der Waals surface area contributed by atoms with Crippen molar-refractivity contribution in [2.45, 2.75) is 0 Å². The Bertz CT molecular complexity index is 617. The summed E-state index contributed by atoms with van der Waals surface area (Å²) in [6.45, 7) is 0. The molecule has 0 atom stereocenters. The fourth-order valence-electron chi connectivity index (χ4n) is 1.33. The van der Waals surface area contributed by atoms with Gasteiger partial charge in [-0.2, -0.15) is 9.78 Å². The van der Waals surface area contributed by atoms with Crippen LogP contribution in [0.2, 0.25) is 0 Å². The number of carboxylic acids is 1. The number of aromatic nitrogens is 2. The molecule has 0 saturated carbocycles. The van der Waals surface area contributed by atoms with E-state index < -0.39 is 11.5 Å². The third-order valence-corrected chi connectivity index (χ3v) is 2.16. The topological polar surface area (TPSA) is 98.2 Å². The highest BCUT2D eigenvalue weighted by molar-refractivity contribution is 5.84. The summed E-state index contributed by atoms with van der Waals surface area (Å²) in [6.07, 6.45) is 0. The summed E-state index contributed by atoms with van der Waals surface area (Å²) >= 11 is 0. The van der Waals surface area contributed by atoms with Crippen molar-refractivity contribution in [2.24, 2.45) is 0 Å². The van der Waals surface area contributed by atoms with Crippen molar-refractivity contribution in [1.82, 2.24) is 9.78 Å². The first-order valence-corrected chi connectivity index (χ1v) is 4.77. The molecule has 0 fully saturated rings. The summed E-state index contributed by atoms with van der Waals surface area (Å²) in [5, 5.41) is 12.5. The molecule has 3 N–H and O–H groups in total. The minimum Gasteiger partial charge on any atom is -0.476 e. The largest absolute Gasteiger partial charge is 0.476 e. The number of benzene rings is 1. The van der Waals surface area contributed by atoms with Crippen LogP contribution in [0.15, 0.2) is 41.2 Å². The van der Waals surface area contributed by atoms with Gasteiger partial charge in [-0.25, -0.2) is 4.79 Å². The van der Waals surface area contributed by atoms with E-state index in [-0.39, 0.29) is 5.69 Å². The monoisotopic (exact) mass is 231 g/mol. The second kappa shape index (κ2) is 4.09. The van der Waals surface area contributed by atoms with Crippen LogP contribution < -0.4 is 11.3 Å². The number of rotatable bonds is 2. The maximum atomic E-state index is 11.6. The highest BCUT2D eigenvalue weighted by Gasteiger charge is 2.08. The SMILES string of the molecule is Nc1ccc(-n2nc(C(=O)O)ccc2=O)cc1. The van der Waals surface area contributed by atoms with Crippen LogP contribution in [0, 0.1) is 0 Å². The Hall–Kier alpha value is -2.63. The first-order valence-electron chi connectivity index (χ1n) is 4.77. The average Bonchev–Trinajstić information content (AvgIpc) is 2.31. The first-order chi connectivity index (χ1) is 8.08. The minimum absolute atomic E-state index is 0.193. The Morgan fingerprint density at radius 2 is 1.82 bits per heavy atom. The fourth-order valence-corrected chi connectivity index (χ4v) is 1.33. The van der Waals surface area contributed by atoms with Crippen molar-refractivity contribution in [3.8, 4) is 5.69 Å². The second-order valence-electron chi connectivity index (χ2n) is 3.37. The van der Waals surface area contributed by atoms with E-state index in [4.69, 9.17) is 10.8 Å². The number of nitrogens with two attached hydrogens (primary N) is 1. The lowest BCUT2D eigenvalue weighted by Gasteiger charge is -2.04. The highest BCUT2D eigenvalue weighted by Crippen LogP contribution is 2.07. The zero-order chi connectivity index (χ0) is 12.4. The number of aromatic carboxylic acids is 1. The predicted molar refractivity (Wildman–Crippen MR) is 61.2 cm³/mol. The van der Waals surface area contributed by atoms with Crippen molar-refractivity contribution in [3.05, 3.63) is 52.4 Å². The van der Waals surface area contributed by atoms with Crippen LogP contribution in [0.5, 0.6) is 0 Å². The zero-order valence-electron chi connectivity index (χ0n) is 8.70. The number of nitrogens with zero attached hydrogens (tertiary/aromatic N) is 2. The summed E-state index contributed by atoms with van der Waals surface area (Å²) in [6, 6.07) is 8.73. The molecule has 1 aromatic heterocycles. The number of hydrogen-bond donors (Lipinski definition) is 2. The molecule has 2 rings (SSSR count). The highest BCUT2D eigenvalue weighted by atomic mass is 16.4. The van der Waals surface area contributed by atoms with Crippen molar-refractivity contribution in [2.75, 3.05) is 5.73 Å². The van der Waals surface area contributed by atoms with E-state index in [1.165, 1.54) is 6.07 Å². The molecule has 6 nitrogen and oxygen atoms in total. The predicted octanol–water partition coefficient (Wildman–Crippen LogP) is 0.513. The lowest BCUT2D eigenvalue weighted by Crippen LogP contribution is -2.22. The molecule has 6 heteroatoms. The van der Waals surface area contributed by atoms with Crippen LogP contribution >= 0.6 is 0 Å². The van der Waals surface area contributed by atoms with Crippen LogP contribution in [0.25, 0.3) is 5.69 Å². The quantitative estimate of drug-likeness (QED) is 0.734. The lowest BCUT2D eigenvalue weighted by atomic mass is 10.3. The summed E-state index contributed by atoms with van der Waals surface area (Å²) in [5.74, 6) is -1.19. The van der Waals surface area contributed by atoms with E-state index in [9.17, 15) is 9.59 Å². The molecule has 0 spiro atoms. The molecule has 0 bridgehead atoms. The molecule has 0 aliphatic carbocycles. The third-order valence-electron chi connectivity index (χ3n) is 2.16. The van der Waals surface area contributed by atoms with Gasteiger partial charge in [-0.15, -0.1) is 0 Å². The molecule has 1 aromatic carbocycles. The van der Waals surface area contributed by atoms with Crippen LogP contribution in [0.3, 0.4) is 0 Å². The van der Waals surface area contributed by atoms with E-state index in [0.29, 0.717) is 11.4 Å². The number of hydrogen-bond acceptors (Lipinski definition) is 4. The van der Waals surface area contributed by atoms with Crippen molar-refractivity contribution in [3.63, 3.8) is 0 Å². The van der Waals surface area contributed by atoms with Crippen LogP contribution in [0.1, 0.15) is 10.5 Å². The van der Waals surface area contributed by atoms with Crippen LogP contribution in [-0.2, 0) is 0 Å². The van der Waals surface area contributed by atoms with Gasteiger partial charge in [-0.1, -0.05) is 0 Å². The second-order valence-corrected chi connectivity index (χ2v) is 3.37. The van der Waals surface area contributed by atoms with E-state index in [2.05, 4.69) is 5.10 Å². The molecular formula is C11H9N3O3. The minimum atomic E-state index is -1.19. The van der Waals surface area contributed by atoms with Gasteiger partial charge < -0.3 is 10.8 Å². The van der Waals surface area contributed by atoms with E-state index in [0.717, 1.165) is 10.7 Å². The van der Waals surface area contributed by atoms with Gasteiger partial charge in [0.15, 0.2) is 5.69 Å². The molecule has 0 amide bonds. The molecule has 0 aliphatic heterocycles. The van der Waals surface area contributed by atoms with Crippen molar-refractivity contribution < 1.29 is 9.90 Å². The number of carboxylic acid groups (broad SMARTS) is 1. The van der Waals surface area contributed by atoms with Gasteiger partial charge in [0.2, 0.25) is 0 Å². The van der Waals surface area contributed by atoms with Crippen LogP contribution in [-0.4, -0.2) is 20.9 Å². The average molecular weight is 231 g/mol. The first kappa shape index (κ1) is 10.9. The molecule has 0 aliphatic rings. The molecule has 1 heterocycles. The van der Waals surface area contributed by atoms with Gasteiger partial charge in [0.25, 0.3) is 5.56 Å².